The first-order valence-electron chi connectivity index (χ1n) is 4.72. The second kappa shape index (κ2) is 5.25. The van der Waals surface area contributed by atoms with Crippen molar-refractivity contribution in [3.63, 3.8) is 0 Å². The highest BCUT2D eigenvalue weighted by Crippen LogP contribution is 2.29. The summed E-state index contributed by atoms with van der Waals surface area (Å²) >= 11 is 5.69. The fourth-order valence-corrected chi connectivity index (χ4v) is 1.59. The normalized spacial score (nSPS) is 14.0. The molecule has 1 amide bonds. The van der Waals surface area contributed by atoms with E-state index in [4.69, 9.17) is 17.3 Å². The number of halogens is 1. The molecule has 8 nitrogen and oxygen atoms in total. The molecule has 2 unspecified atom stereocenters. The molecular weight excluding hydrogens is 266 g/mol. The lowest BCUT2D eigenvalue weighted by Gasteiger charge is -2.16. The molecule has 0 aliphatic heterocycles. The Balaban J connectivity index is 3.28. The minimum absolute atomic E-state index is 0.0505. The van der Waals surface area contributed by atoms with Crippen molar-refractivity contribution >= 4 is 23.2 Å². The summed E-state index contributed by atoms with van der Waals surface area (Å²) in [6.45, 7) is 1.37. The second-order valence-electron chi connectivity index (χ2n) is 3.52. The Morgan fingerprint density at radius 3 is 2.61 bits per heavy atom. The molecule has 0 bridgehead atoms. The highest BCUT2D eigenvalue weighted by molar-refractivity contribution is 6.30. The number of hydrogen-bond donors (Lipinski definition) is 3. The maximum atomic E-state index is 10.7. The molecule has 0 aliphatic carbocycles. The Morgan fingerprint density at radius 2 is 2.17 bits per heavy atom. The number of amides is 1. The quantitative estimate of drug-likeness (QED) is 0.396. The fraction of sp³-hybridized carbons (Fsp3) is 0.333. The van der Waals surface area contributed by atoms with Crippen molar-refractivity contribution in [2.45, 2.75) is 19.1 Å². The van der Waals surface area contributed by atoms with Gasteiger partial charge in [0.2, 0.25) is 5.91 Å². The third kappa shape index (κ3) is 2.73. The molecule has 1 heterocycles. The van der Waals surface area contributed by atoms with Crippen LogP contribution in [0.25, 0.3) is 0 Å². The van der Waals surface area contributed by atoms with Crippen molar-refractivity contribution in [2.75, 3.05) is 0 Å². The highest BCUT2D eigenvalue weighted by Gasteiger charge is 2.28. The van der Waals surface area contributed by atoms with E-state index in [9.17, 15) is 25.1 Å². The first-order valence-corrected chi connectivity index (χ1v) is 5.10. The number of nitro groups is 1. The molecule has 1 aromatic rings. The average Bonchev–Trinajstić information content (AvgIpc) is 2.26. The molecule has 9 heteroatoms. The summed E-state index contributed by atoms with van der Waals surface area (Å²) in [7, 11) is 0. The number of nitrogens with zero attached hydrogens (tertiary/aromatic N) is 2. The van der Waals surface area contributed by atoms with E-state index in [1.165, 1.54) is 6.92 Å². The minimum Gasteiger partial charge on any atom is -0.385 e. The first kappa shape index (κ1) is 14.3. The summed E-state index contributed by atoms with van der Waals surface area (Å²) in [5.41, 5.74) is 4.24. The van der Waals surface area contributed by atoms with E-state index in [1.807, 2.05) is 0 Å². The molecule has 0 saturated heterocycles. The van der Waals surface area contributed by atoms with Gasteiger partial charge in [-0.3, -0.25) is 14.9 Å². The summed E-state index contributed by atoms with van der Waals surface area (Å²) in [5, 5.41) is 29.4. The summed E-state index contributed by atoms with van der Waals surface area (Å²) in [6.07, 6.45) is -3.70. The molecule has 2 atom stereocenters. The number of rotatable bonds is 4. The van der Waals surface area contributed by atoms with E-state index >= 15 is 0 Å². The number of carbonyl (C=O) groups excluding carboxylic acids is 1. The van der Waals surface area contributed by atoms with Gasteiger partial charge in [0, 0.05) is 11.6 Å². The Morgan fingerprint density at radius 1 is 1.61 bits per heavy atom. The van der Waals surface area contributed by atoms with Gasteiger partial charge in [-0.15, -0.1) is 0 Å². The highest BCUT2D eigenvalue weighted by atomic mass is 35.5. The van der Waals surface area contributed by atoms with Crippen LogP contribution in [0.1, 0.15) is 17.4 Å². The summed E-state index contributed by atoms with van der Waals surface area (Å²) in [6, 6.07) is 0.946. The number of carbonyl (C=O) groups is 1. The second-order valence-corrected chi connectivity index (χ2v) is 3.88. The monoisotopic (exact) mass is 275 g/mol. The molecule has 1 aromatic heterocycles. The lowest BCUT2D eigenvalue weighted by molar-refractivity contribution is -0.385. The van der Waals surface area contributed by atoms with Gasteiger partial charge >= 0.3 is 0 Å². The molecule has 0 aliphatic rings. The molecule has 98 valence electrons. The third-order valence-corrected chi connectivity index (χ3v) is 2.58. The van der Waals surface area contributed by atoms with Gasteiger partial charge in [-0.1, -0.05) is 11.6 Å². The summed E-state index contributed by atoms with van der Waals surface area (Å²) < 4.78 is 0. The van der Waals surface area contributed by atoms with Gasteiger partial charge in [-0.25, -0.2) is 4.98 Å². The van der Waals surface area contributed by atoms with E-state index < -0.39 is 23.0 Å². The van der Waals surface area contributed by atoms with Gasteiger partial charge in [-0.2, -0.15) is 0 Å². The van der Waals surface area contributed by atoms with Crippen molar-refractivity contribution < 1.29 is 19.9 Å². The molecule has 18 heavy (non-hydrogen) atoms. The van der Waals surface area contributed by atoms with Crippen LogP contribution in [0.5, 0.6) is 0 Å². The number of nitrogens with two attached hydrogens (primary N) is 1. The number of aromatic nitrogens is 1. The molecule has 0 radical (unpaired) electrons. The van der Waals surface area contributed by atoms with E-state index in [1.54, 1.807) is 0 Å². The topological polar surface area (TPSA) is 140 Å². The maximum Gasteiger partial charge on any atom is 0.290 e. The van der Waals surface area contributed by atoms with Gasteiger partial charge in [0.15, 0.2) is 6.10 Å². The zero-order valence-electron chi connectivity index (χ0n) is 9.20. The number of aliphatic hydroxyl groups is 2. The average molecular weight is 276 g/mol. The Bertz CT molecular complexity index is 507. The number of aryl methyl sites for hydroxylation is 1. The SMILES string of the molecule is Cc1nc(Cl)c(C(O)C(O)C(N)=O)cc1[N+](=O)[O-]. The lowest BCUT2D eigenvalue weighted by atomic mass is 10.0. The van der Waals surface area contributed by atoms with Gasteiger partial charge in [0.05, 0.1) is 4.92 Å². The van der Waals surface area contributed by atoms with E-state index in [-0.39, 0.29) is 22.1 Å². The predicted octanol–water partition coefficient (Wildman–Crippen LogP) is -0.169. The van der Waals surface area contributed by atoms with Crippen LogP contribution in [0.2, 0.25) is 5.15 Å². The molecular formula is C9H10ClN3O5. The van der Waals surface area contributed by atoms with Crippen molar-refractivity contribution in [1.29, 1.82) is 0 Å². The van der Waals surface area contributed by atoms with Gasteiger partial charge in [-0.05, 0) is 6.92 Å². The van der Waals surface area contributed by atoms with Crippen molar-refractivity contribution in [2.24, 2.45) is 5.73 Å². The zero-order chi connectivity index (χ0) is 14.0. The maximum absolute atomic E-state index is 10.7. The van der Waals surface area contributed by atoms with Crippen molar-refractivity contribution in [3.05, 3.63) is 32.6 Å². The fourth-order valence-electron chi connectivity index (χ4n) is 1.30. The Kier molecular flexibility index (Phi) is 4.17. The van der Waals surface area contributed by atoms with Crippen LogP contribution >= 0.6 is 11.6 Å². The molecule has 1 rings (SSSR count). The predicted molar refractivity (Wildman–Crippen MR) is 60.8 cm³/mol. The number of hydrogen-bond acceptors (Lipinski definition) is 6. The van der Waals surface area contributed by atoms with Crippen LogP contribution in [-0.2, 0) is 4.79 Å². The lowest BCUT2D eigenvalue weighted by Crippen LogP contribution is -2.34. The third-order valence-electron chi connectivity index (χ3n) is 2.27. The smallest absolute Gasteiger partial charge is 0.290 e. The van der Waals surface area contributed by atoms with E-state index in [2.05, 4.69) is 4.98 Å². The van der Waals surface area contributed by atoms with Crippen LogP contribution in [0.4, 0.5) is 5.69 Å². The van der Waals surface area contributed by atoms with Crippen LogP contribution in [0.15, 0.2) is 6.07 Å². The zero-order valence-corrected chi connectivity index (χ0v) is 9.96. The standard InChI is InChI=1S/C9H10ClN3O5/c1-3-5(13(17)18)2-4(8(10)12-3)6(14)7(15)9(11)16/h2,6-7,14-15H,1H3,(H2,11,16). The largest absolute Gasteiger partial charge is 0.385 e. The van der Waals surface area contributed by atoms with E-state index in [0.29, 0.717) is 0 Å². The summed E-state index contributed by atoms with van der Waals surface area (Å²) in [4.78, 5) is 24.4. The van der Waals surface area contributed by atoms with Crippen LogP contribution in [0, 0.1) is 17.0 Å². The van der Waals surface area contributed by atoms with Gasteiger partial charge in [0.1, 0.15) is 17.0 Å². The Labute approximate surface area is 106 Å². The van der Waals surface area contributed by atoms with E-state index in [0.717, 1.165) is 6.07 Å². The van der Waals surface area contributed by atoms with Crippen LogP contribution in [-0.4, -0.2) is 32.1 Å². The van der Waals surface area contributed by atoms with Gasteiger partial charge < -0.3 is 15.9 Å². The first-order chi connectivity index (χ1) is 8.25. The molecule has 0 saturated carbocycles. The van der Waals surface area contributed by atoms with Crippen molar-refractivity contribution in [1.82, 2.24) is 4.98 Å². The minimum atomic E-state index is -1.92. The number of aliphatic hydroxyl groups excluding tert-OH is 2. The molecule has 4 N–H and O–H groups in total. The molecule has 0 aromatic carbocycles. The van der Waals surface area contributed by atoms with Crippen molar-refractivity contribution in [3.8, 4) is 0 Å². The number of pyridine rings is 1. The molecule has 0 fully saturated rings. The Hall–Kier alpha value is -1.77. The van der Waals surface area contributed by atoms with Crippen LogP contribution < -0.4 is 5.73 Å². The van der Waals surface area contributed by atoms with Gasteiger partial charge in [0.25, 0.3) is 5.69 Å². The summed E-state index contributed by atoms with van der Waals surface area (Å²) in [5.74, 6) is -1.18. The van der Waals surface area contributed by atoms with Crippen LogP contribution in [0.3, 0.4) is 0 Å². The molecule has 0 spiro atoms. The number of primary amides is 1.